The molecule has 1 atom stereocenters. The molecule has 19 heavy (non-hydrogen) atoms. The van der Waals surface area contributed by atoms with E-state index in [4.69, 9.17) is 5.73 Å². The molecule has 1 aromatic heterocycles. The molecule has 0 saturated carbocycles. The van der Waals surface area contributed by atoms with Gasteiger partial charge < -0.3 is 10.6 Å². The molecule has 0 saturated heterocycles. The van der Waals surface area contributed by atoms with E-state index < -0.39 is 0 Å². The van der Waals surface area contributed by atoms with E-state index in [0.29, 0.717) is 0 Å². The van der Waals surface area contributed by atoms with Crippen molar-refractivity contribution in [1.29, 1.82) is 0 Å². The Morgan fingerprint density at radius 1 is 1.37 bits per heavy atom. The summed E-state index contributed by atoms with van der Waals surface area (Å²) in [7, 11) is 3.99. The van der Waals surface area contributed by atoms with Gasteiger partial charge in [0, 0.05) is 42.4 Å². The molecule has 102 valence electrons. The molecular weight excluding hydrogens is 304 g/mol. The Bertz CT molecular complexity index is 520. The molecule has 0 spiro atoms. The van der Waals surface area contributed by atoms with Gasteiger partial charge in [0.1, 0.15) is 0 Å². The van der Waals surface area contributed by atoms with E-state index in [9.17, 15) is 0 Å². The van der Waals surface area contributed by atoms with Gasteiger partial charge in [-0.05, 0) is 24.7 Å². The average Bonchev–Trinajstić information content (AvgIpc) is 2.79. The monoisotopic (exact) mass is 322 g/mol. The Labute approximate surface area is 122 Å². The first-order valence-corrected chi connectivity index (χ1v) is 7.01. The van der Waals surface area contributed by atoms with Crippen molar-refractivity contribution in [1.82, 2.24) is 14.7 Å². The molecule has 2 rings (SSSR count). The fourth-order valence-electron chi connectivity index (χ4n) is 2.04. The van der Waals surface area contributed by atoms with Crippen molar-refractivity contribution in [3.05, 3.63) is 52.3 Å². The Balaban J connectivity index is 1.90. The Morgan fingerprint density at radius 3 is 2.63 bits per heavy atom. The highest BCUT2D eigenvalue weighted by molar-refractivity contribution is 9.10. The van der Waals surface area contributed by atoms with Crippen LogP contribution in [0.25, 0.3) is 0 Å². The fraction of sp³-hybridized carbons (Fsp3) is 0.357. The van der Waals surface area contributed by atoms with E-state index in [2.05, 4.69) is 57.2 Å². The summed E-state index contributed by atoms with van der Waals surface area (Å²) in [5.41, 5.74) is 8.54. The molecule has 1 aromatic carbocycles. The second-order valence-electron chi connectivity index (χ2n) is 4.88. The van der Waals surface area contributed by atoms with Crippen LogP contribution in [0.15, 0.2) is 41.1 Å². The van der Waals surface area contributed by atoms with Gasteiger partial charge in [-0.1, -0.05) is 28.1 Å². The molecule has 1 unspecified atom stereocenters. The van der Waals surface area contributed by atoms with Crippen molar-refractivity contribution in [2.24, 2.45) is 12.8 Å². The molecule has 0 radical (unpaired) electrons. The number of hydrogen-bond donors (Lipinski definition) is 1. The maximum absolute atomic E-state index is 6.18. The average molecular weight is 323 g/mol. The van der Waals surface area contributed by atoms with Gasteiger partial charge in [-0.25, -0.2) is 0 Å². The topological polar surface area (TPSA) is 47.1 Å². The van der Waals surface area contributed by atoms with Gasteiger partial charge in [0.2, 0.25) is 0 Å². The molecule has 0 aliphatic rings. The first kappa shape index (κ1) is 14.2. The zero-order chi connectivity index (χ0) is 13.8. The SMILES string of the molecule is CN(Cc1ccc(Br)cc1)CC(N)c1cnn(C)c1. The molecule has 5 heteroatoms. The summed E-state index contributed by atoms with van der Waals surface area (Å²) in [6.45, 7) is 1.70. The summed E-state index contributed by atoms with van der Waals surface area (Å²) in [5.74, 6) is 0. The lowest BCUT2D eigenvalue weighted by Crippen LogP contribution is -2.28. The van der Waals surface area contributed by atoms with Crippen molar-refractivity contribution in [2.45, 2.75) is 12.6 Å². The lowest BCUT2D eigenvalue weighted by molar-refractivity contribution is 0.305. The number of halogens is 1. The number of likely N-dealkylation sites (N-methyl/N-ethyl adjacent to an activating group) is 1. The number of aromatic nitrogens is 2. The molecule has 0 amide bonds. The van der Waals surface area contributed by atoms with E-state index in [1.807, 2.05) is 19.4 Å². The predicted octanol–water partition coefficient (Wildman–Crippen LogP) is 2.31. The highest BCUT2D eigenvalue weighted by Crippen LogP contribution is 2.14. The lowest BCUT2D eigenvalue weighted by atomic mass is 10.1. The van der Waals surface area contributed by atoms with Crippen LogP contribution in [0.2, 0.25) is 0 Å². The molecule has 0 aliphatic carbocycles. The van der Waals surface area contributed by atoms with Crippen LogP contribution >= 0.6 is 15.9 Å². The quantitative estimate of drug-likeness (QED) is 0.918. The third-order valence-electron chi connectivity index (χ3n) is 3.03. The summed E-state index contributed by atoms with van der Waals surface area (Å²) in [5, 5.41) is 4.15. The molecule has 2 aromatic rings. The van der Waals surface area contributed by atoms with Crippen LogP contribution in [0.1, 0.15) is 17.2 Å². The highest BCUT2D eigenvalue weighted by Gasteiger charge is 2.11. The van der Waals surface area contributed by atoms with Crippen molar-refractivity contribution in [3.63, 3.8) is 0 Å². The van der Waals surface area contributed by atoms with Gasteiger partial charge in [0.05, 0.1) is 6.20 Å². The summed E-state index contributed by atoms with van der Waals surface area (Å²) < 4.78 is 2.88. The second-order valence-corrected chi connectivity index (χ2v) is 5.79. The minimum absolute atomic E-state index is 0.00542. The van der Waals surface area contributed by atoms with Gasteiger partial charge in [-0.3, -0.25) is 4.68 Å². The molecule has 2 N–H and O–H groups in total. The third kappa shape index (κ3) is 4.16. The van der Waals surface area contributed by atoms with Crippen LogP contribution < -0.4 is 5.73 Å². The molecule has 1 heterocycles. The van der Waals surface area contributed by atoms with Crippen LogP contribution in [0, 0.1) is 0 Å². The summed E-state index contributed by atoms with van der Waals surface area (Å²) in [4.78, 5) is 2.22. The van der Waals surface area contributed by atoms with E-state index in [0.717, 1.165) is 23.1 Å². The first-order chi connectivity index (χ1) is 9.04. The van der Waals surface area contributed by atoms with Crippen molar-refractivity contribution >= 4 is 15.9 Å². The summed E-state index contributed by atoms with van der Waals surface area (Å²) >= 11 is 3.44. The lowest BCUT2D eigenvalue weighted by Gasteiger charge is -2.20. The van der Waals surface area contributed by atoms with E-state index in [-0.39, 0.29) is 6.04 Å². The van der Waals surface area contributed by atoms with Crippen LogP contribution in [0.5, 0.6) is 0 Å². The van der Waals surface area contributed by atoms with Gasteiger partial charge >= 0.3 is 0 Å². The molecule has 4 nitrogen and oxygen atoms in total. The van der Waals surface area contributed by atoms with Crippen LogP contribution in [0.3, 0.4) is 0 Å². The van der Waals surface area contributed by atoms with E-state index >= 15 is 0 Å². The third-order valence-corrected chi connectivity index (χ3v) is 3.56. The maximum atomic E-state index is 6.18. The van der Waals surface area contributed by atoms with Gasteiger partial charge in [-0.15, -0.1) is 0 Å². The zero-order valence-corrected chi connectivity index (χ0v) is 12.8. The number of benzene rings is 1. The Kier molecular flexibility index (Phi) is 4.74. The smallest absolute Gasteiger partial charge is 0.0537 e. The van der Waals surface area contributed by atoms with Crippen LogP contribution in [-0.2, 0) is 13.6 Å². The number of nitrogens with two attached hydrogens (primary N) is 1. The number of nitrogens with zero attached hydrogens (tertiary/aromatic N) is 3. The summed E-state index contributed by atoms with van der Waals surface area (Å²) in [6, 6.07) is 8.36. The standard InChI is InChI=1S/C14H19BrN4/c1-18(8-11-3-5-13(15)6-4-11)10-14(16)12-7-17-19(2)9-12/h3-7,9,14H,8,10,16H2,1-2H3. The minimum Gasteiger partial charge on any atom is -0.323 e. The number of aryl methyl sites for hydroxylation is 1. The van der Waals surface area contributed by atoms with Crippen molar-refractivity contribution in [3.8, 4) is 0 Å². The largest absolute Gasteiger partial charge is 0.323 e. The predicted molar refractivity (Wildman–Crippen MR) is 80.6 cm³/mol. The van der Waals surface area contributed by atoms with E-state index in [1.54, 1.807) is 4.68 Å². The zero-order valence-electron chi connectivity index (χ0n) is 11.3. The summed E-state index contributed by atoms with van der Waals surface area (Å²) in [6.07, 6.45) is 3.80. The highest BCUT2D eigenvalue weighted by atomic mass is 79.9. The van der Waals surface area contributed by atoms with Crippen molar-refractivity contribution in [2.75, 3.05) is 13.6 Å². The number of hydrogen-bond acceptors (Lipinski definition) is 3. The normalized spacial score (nSPS) is 12.9. The molecule has 0 fully saturated rings. The minimum atomic E-state index is -0.00542. The number of rotatable bonds is 5. The van der Waals surface area contributed by atoms with Crippen LogP contribution in [0.4, 0.5) is 0 Å². The van der Waals surface area contributed by atoms with Gasteiger partial charge in [0.25, 0.3) is 0 Å². The molecule has 0 bridgehead atoms. The van der Waals surface area contributed by atoms with Gasteiger partial charge in [-0.2, -0.15) is 5.10 Å². The fourth-order valence-corrected chi connectivity index (χ4v) is 2.30. The van der Waals surface area contributed by atoms with E-state index in [1.165, 1.54) is 5.56 Å². The van der Waals surface area contributed by atoms with Crippen LogP contribution in [-0.4, -0.2) is 28.3 Å². The maximum Gasteiger partial charge on any atom is 0.0537 e. The van der Waals surface area contributed by atoms with Gasteiger partial charge in [0.15, 0.2) is 0 Å². The second kappa shape index (κ2) is 6.32. The first-order valence-electron chi connectivity index (χ1n) is 6.21. The Morgan fingerprint density at radius 2 is 2.05 bits per heavy atom. The molecular formula is C14H19BrN4. The van der Waals surface area contributed by atoms with Crippen molar-refractivity contribution < 1.29 is 0 Å². The molecule has 0 aliphatic heterocycles. The Hall–Kier alpha value is -1.17.